The van der Waals surface area contributed by atoms with Crippen molar-refractivity contribution in [1.29, 1.82) is 0 Å². The lowest BCUT2D eigenvalue weighted by molar-refractivity contribution is 0.102. The quantitative estimate of drug-likeness (QED) is 0.652. The molecule has 0 spiro atoms. The molecule has 0 aliphatic carbocycles. The molecule has 3 aromatic heterocycles. The largest absolute Gasteiger partial charge is 0.393 e. The molecular formula is C15H17N7O2. The summed E-state index contributed by atoms with van der Waals surface area (Å²) in [6.07, 6.45) is 7.57. The first-order valence-corrected chi connectivity index (χ1v) is 7.78. The maximum absolute atomic E-state index is 12.6. The maximum atomic E-state index is 12.6. The number of anilines is 2. The van der Waals surface area contributed by atoms with Crippen molar-refractivity contribution in [2.75, 3.05) is 23.3 Å². The van der Waals surface area contributed by atoms with Gasteiger partial charge in [-0.3, -0.25) is 9.89 Å². The van der Waals surface area contributed by atoms with E-state index in [1.54, 1.807) is 29.2 Å². The fourth-order valence-electron chi connectivity index (χ4n) is 2.88. The molecule has 0 bridgehead atoms. The number of amides is 1. The molecule has 9 heteroatoms. The second kappa shape index (κ2) is 5.93. The summed E-state index contributed by atoms with van der Waals surface area (Å²) in [6, 6.07) is 1.75. The SMILES string of the molecule is O=C(Nc1cn[nH]c1N1CCC(O)CC1)c1cnn2cccnc12. The van der Waals surface area contributed by atoms with E-state index in [4.69, 9.17) is 0 Å². The molecule has 1 amide bonds. The number of carbonyl (C=O) groups excluding carboxylic acids is 1. The average Bonchev–Trinajstić information content (AvgIpc) is 3.22. The van der Waals surface area contributed by atoms with Crippen LogP contribution in [-0.2, 0) is 0 Å². The molecule has 0 aromatic carbocycles. The van der Waals surface area contributed by atoms with Crippen LogP contribution in [0.4, 0.5) is 11.5 Å². The van der Waals surface area contributed by atoms with Crippen molar-refractivity contribution < 1.29 is 9.90 Å². The Labute approximate surface area is 137 Å². The van der Waals surface area contributed by atoms with Gasteiger partial charge in [-0.1, -0.05) is 0 Å². The number of hydrogen-bond donors (Lipinski definition) is 3. The topological polar surface area (TPSA) is 111 Å². The minimum atomic E-state index is -0.289. The van der Waals surface area contributed by atoms with Crippen LogP contribution in [0.5, 0.6) is 0 Å². The van der Waals surface area contributed by atoms with E-state index in [-0.39, 0.29) is 12.0 Å². The fourth-order valence-corrected chi connectivity index (χ4v) is 2.88. The van der Waals surface area contributed by atoms with Crippen molar-refractivity contribution in [2.45, 2.75) is 18.9 Å². The van der Waals surface area contributed by atoms with Crippen molar-refractivity contribution >= 4 is 23.1 Å². The number of fused-ring (bicyclic) bond motifs is 1. The number of nitrogens with one attached hydrogen (secondary N) is 2. The lowest BCUT2D eigenvalue weighted by atomic mass is 10.1. The normalized spacial score (nSPS) is 15.8. The van der Waals surface area contributed by atoms with E-state index in [2.05, 4.69) is 30.5 Å². The number of hydrogen-bond acceptors (Lipinski definition) is 6. The van der Waals surface area contributed by atoms with Gasteiger partial charge >= 0.3 is 0 Å². The van der Waals surface area contributed by atoms with Crippen LogP contribution in [0, 0.1) is 0 Å². The average molecular weight is 327 g/mol. The van der Waals surface area contributed by atoms with Gasteiger partial charge in [0.05, 0.1) is 18.5 Å². The minimum Gasteiger partial charge on any atom is -0.393 e. The van der Waals surface area contributed by atoms with E-state index in [0.29, 0.717) is 42.8 Å². The summed E-state index contributed by atoms with van der Waals surface area (Å²) in [4.78, 5) is 18.8. The van der Waals surface area contributed by atoms with Gasteiger partial charge in [-0.05, 0) is 18.9 Å². The molecule has 4 heterocycles. The third kappa shape index (κ3) is 2.58. The molecule has 9 nitrogen and oxygen atoms in total. The number of nitrogens with zero attached hydrogens (tertiary/aromatic N) is 5. The van der Waals surface area contributed by atoms with Crippen LogP contribution >= 0.6 is 0 Å². The van der Waals surface area contributed by atoms with Gasteiger partial charge in [0.1, 0.15) is 17.1 Å². The highest BCUT2D eigenvalue weighted by Gasteiger charge is 2.22. The van der Waals surface area contributed by atoms with Crippen LogP contribution in [-0.4, -0.2) is 55.0 Å². The smallest absolute Gasteiger partial charge is 0.261 e. The number of H-pyrrole nitrogens is 1. The monoisotopic (exact) mass is 327 g/mol. The highest BCUT2D eigenvalue weighted by molar-refractivity contribution is 6.09. The van der Waals surface area contributed by atoms with Gasteiger partial charge in [-0.15, -0.1) is 0 Å². The zero-order valence-corrected chi connectivity index (χ0v) is 12.9. The third-order valence-electron chi connectivity index (χ3n) is 4.17. The second-order valence-electron chi connectivity index (χ2n) is 5.75. The molecule has 4 rings (SSSR count). The van der Waals surface area contributed by atoms with Crippen LogP contribution < -0.4 is 10.2 Å². The van der Waals surface area contributed by atoms with Gasteiger partial charge in [0.15, 0.2) is 5.65 Å². The Balaban J connectivity index is 1.56. The van der Waals surface area contributed by atoms with Gasteiger partial charge < -0.3 is 15.3 Å². The van der Waals surface area contributed by atoms with Gasteiger partial charge in [-0.25, -0.2) is 9.50 Å². The number of piperidine rings is 1. The Bertz CT molecular complexity index is 863. The Morgan fingerprint density at radius 1 is 1.33 bits per heavy atom. The summed E-state index contributed by atoms with van der Waals surface area (Å²) in [5.41, 5.74) is 1.50. The third-order valence-corrected chi connectivity index (χ3v) is 4.17. The van der Waals surface area contributed by atoms with Crippen LogP contribution in [0.3, 0.4) is 0 Å². The van der Waals surface area contributed by atoms with Gasteiger partial charge in [-0.2, -0.15) is 10.2 Å². The van der Waals surface area contributed by atoms with E-state index >= 15 is 0 Å². The predicted octanol–water partition coefficient (Wildman–Crippen LogP) is 0.666. The Hall–Kier alpha value is -2.94. The number of aromatic nitrogens is 5. The minimum absolute atomic E-state index is 0.257. The molecule has 0 unspecified atom stereocenters. The highest BCUT2D eigenvalue weighted by atomic mass is 16.3. The Morgan fingerprint density at radius 3 is 3.00 bits per heavy atom. The Morgan fingerprint density at radius 2 is 2.17 bits per heavy atom. The molecule has 1 aliphatic heterocycles. The van der Waals surface area contributed by atoms with Crippen LogP contribution in [0.2, 0.25) is 0 Å². The number of aliphatic hydroxyl groups is 1. The van der Waals surface area contributed by atoms with Gasteiger partial charge in [0, 0.05) is 25.5 Å². The zero-order valence-electron chi connectivity index (χ0n) is 12.9. The summed E-state index contributed by atoms with van der Waals surface area (Å²) in [5.74, 6) is 0.461. The first kappa shape index (κ1) is 14.6. The number of aromatic amines is 1. The van der Waals surface area contributed by atoms with E-state index in [9.17, 15) is 9.90 Å². The zero-order chi connectivity index (χ0) is 16.5. The molecule has 1 aliphatic rings. The molecule has 1 saturated heterocycles. The number of rotatable bonds is 3. The van der Waals surface area contributed by atoms with Gasteiger partial charge in [0.25, 0.3) is 5.91 Å². The van der Waals surface area contributed by atoms with E-state index in [1.807, 2.05) is 0 Å². The molecule has 24 heavy (non-hydrogen) atoms. The standard InChI is InChI=1S/C15H17N7O2/c23-10-2-6-21(7-3-10)14-12(9-17-20-14)19-15(24)11-8-18-22-5-1-4-16-13(11)22/h1,4-5,8-10,23H,2-3,6-7H2,(H,17,20)(H,19,24). The first-order valence-electron chi connectivity index (χ1n) is 7.78. The predicted molar refractivity (Wildman–Crippen MR) is 87.0 cm³/mol. The molecule has 0 saturated carbocycles. The van der Waals surface area contributed by atoms with E-state index < -0.39 is 0 Å². The summed E-state index contributed by atoms with van der Waals surface area (Å²) < 4.78 is 1.55. The van der Waals surface area contributed by atoms with Crippen molar-refractivity contribution in [1.82, 2.24) is 24.8 Å². The van der Waals surface area contributed by atoms with Crippen LogP contribution in [0.25, 0.3) is 5.65 Å². The molecule has 0 radical (unpaired) electrons. The molecule has 3 aromatic rings. The summed E-state index contributed by atoms with van der Waals surface area (Å²) in [7, 11) is 0. The summed E-state index contributed by atoms with van der Waals surface area (Å²) in [5, 5.41) is 23.6. The van der Waals surface area contributed by atoms with Gasteiger partial charge in [0.2, 0.25) is 0 Å². The lowest BCUT2D eigenvalue weighted by Gasteiger charge is -2.30. The molecule has 3 N–H and O–H groups in total. The number of carbonyl (C=O) groups is 1. The van der Waals surface area contributed by atoms with Crippen molar-refractivity contribution in [3.05, 3.63) is 36.4 Å². The summed E-state index contributed by atoms with van der Waals surface area (Å²) >= 11 is 0. The summed E-state index contributed by atoms with van der Waals surface area (Å²) in [6.45, 7) is 1.43. The molecule has 124 valence electrons. The van der Waals surface area contributed by atoms with Crippen LogP contribution in [0.15, 0.2) is 30.9 Å². The Kier molecular flexibility index (Phi) is 3.62. The van der Waals surface area contributed by atoms with Crippen LogP contribution in [0.1, 0.15) is 23.2 Å². The fraction of sp³-hybridized carbons (Fsp3) is 0.333. The van der Waals surface area contributed by atoms with E-state index in [1.165, 1.54) is 6.20 Å². The first-order chi connectivity index (χ1) is 11.7. The van der Waals surface area contributed by atoms with Crippen molar-refractivity contribution in [2.24, 2.45) is 0 Å². The number of aliphatic hydroxyl groups excluding tert-OH is 1. The molecule has 0 atom stereocenters. The van der Waals surface area contributed by atoms with Crippen molar-refractivity contribution in [3.63, 3.8) is 0 Å². The van der Waals surface area contributed by atoms with Crippen molar-refractivity contribution in [3.8, 4) is 0 Å². The molecular weight excluding hydrogens is 310 g/mol. The second-order valence-corrected chi connectivity index (χ2v) is 5.75. The molecule has 1 fully saturated rings. The maximum Gasteiger partial charge on any atom is 0.261 e. The highest BCUT2D eigenvalue weighted by Crippen LogP contribution is 2.26. The lowest BCUT2D eigenvalue weighted by Crippen LogP contribution is -2.36. The van der Waals surface area contributed by atoms with E-state index in [0.717, 1.165) is 5.82 Å².